The highest BCUT2D eigenvalue weighted by molar-refractivity contribution is 5.71. The van der Waals surface area contributed by atoms with E-state index in [4.69, 9.17) is 9.47 Å². The first-order valence-electron chi connectivity index (χ1n) is 4.95. The van der Waals surface area contributed by atoms with Gasteiger partial charge in [0.15, 0.2) is 0 Å². The van der Waals surface area contributed by atoms with Gasteiger partial charge in [-0.1, -0.05) is 31.5 Å². The van der Waals surface area contributed by atoms with E-state index in [1.54, 1.807) is 13.8 Å². The van der Waals surface area contributed by atoms with E-state index in [2.05, 4.69) is 0 Å². The van der Waals surface area contributed by atoms with Crippen LogP contribution in [-0.4, -0.2) is 12.8 Å². The number of benzene rings is 1. The number of hydrogen-bond donors (Lipinski definition) is 0. The molecule has 0 N–H and O–H groups in total. The fourth-order valence-corrected chi connectivity index (χ4v) is 0.957. The van der Waals surface area contributed by atoms with E-state index in [1.807, 2.05) is 31.2 Å². The summed E-state index contributed by atoms with van der Waals surface area (Å²) < 4.78 is 10.1. The average Bonchev–Trinajstić information content (AvgIpc) is 2.20. The summed E-state index contributed by atoms with van der Waals surface area (Å²) in [4.78, 5) is 11.1. The van der Waals surface area contributed by atoms with Gasteiger partial charge in [-0.05, 0) is 19.1 Å². The zero-order valence-electron chi connectivity index (χ0n) is 9.32. The predicted molar refractivity (Wildman–Crippen MR) is 57.6 cm³/mol. The Kier molecular flexibility index (Phi) is 4.16. The van der Waals surface area contributed by atoms with E-state index in [-0.39, 0.29) is 18.7 Å². The van der Waals surface area contributed by atoms with Crippen molar-refractivity contribution in [3.63, 3.8) is 0 Å². The van der Waals surface area contributed by atoms with Crippen molar-refractivity contribution in [2.24, 2.45) is 5.92 Å². The molecule has 1 rings (SSSR count). The topological polar surface area (TPSA) is 35.5 Å². The molecule has 0 fully saturated rings. The summed E-state index contributed by atoms with van der Waals surface area (Å²) >= 11 is 0. The number of carbonyl (C=O) groups is 1. The summed E-state index contributed by atoms with van der Waals surface area (Å²) in [6.07, 6.45) is 0. The molecule has 0 radical (unpaired) electrons. The standard InChI is InChI=1S/C12H16O3/c1-9(2)12(13)15-8-14-11-6-4-10(3)5-7-11/h4-7,9H,8H2,1-3H3. The molecule has 0 aliphatic rings. The molecule has 0 atom stereocenters. The Bertz CT molecular complexity index is 314. The van der Waals surface area contributed by atoms with Crippen LogP contribution in [0.3, 0.4) is 0 Å². The molecule has 0 spiro atoms. The third-order valence-corrected chi connectivity index (χ3v) is 1.92. The van der Waals surface area contributed by atoms with Gasteiger partial charge in [0, 0.05) is 0 Å². The zero-order valence-corrected chi connectivity index (χ0v) is 9.32. The molecule has 0 saturated carbocycles. The Morgan fingerprint density at radius 1 is 1.27 bits per heavy atom. The van der Waals surface area contributed by atoms with Crippen LogP contribution in [0, 0.1) is 12.8 Å². The molecule has 0 heterocycles. The zero-order chi connectivity index (χ0) is 11.3. The lowest BCUT2D eigenvalue weighted by Crippen LogP contribution is -2.15. The molecule has 0 amide bonds. The van der Waals surface area contributed by atoms with Crippen molar-refractivity contribution in [1.82, 2.24) is 0 Å². The summed E-state index contributed by atoms with van der Waals surface area (Å²) in [5, 5.41) is 0. The van der Waals surface area contributed by atoms with Crippen LogP contribution < -0.4 is 4.74 Å². The van der Waals surface area contributed by atoms with Gasteiger partial charge in [-0.25, -0.2) is 0 Å². The minimum Gasteiger partial charge on any atom is -0.457 e. The van der Waals surface area contributed by atoms with Gasteiger partial charge in [0.25, 0.3) is 0 Å². The quantitative estimate of drug-likeness (QED) is 0.563. The molecule has 0 saturated heterocycles. The van der Waals surface area contributed by atoms with Crippen molar-refractivity contribution in [1.29, 1.82) is 0 Å². The summed E-state index contributed by atoms with van der Waals surface area (Å²) in [6, 6.07) is 7.58. The van der Waals surface area contributed by atoms with Crippen molar-refractivity contribution in [3.05, 3.63) is 29.8 Å². The van der Waals surface area contributed by atoms with Crippen molar-refractivity contribution in [2.75, 3.05) is 6.79 Å². The maximum Gasteiger partial charge on any atom is 0.311 e. The van der Waals surface area contributed by atoms with Crippen LogP contribution in [0.4, 0.5) is 0 Å². The third-order valence-electron chi connectivity index (χ3n) is 1.92. The number of aryl methyl sites for hydroxylation is 1. The van der Waals surface area contributed by atoms with Crippen LogP contribution in [0.5, 0.6) is 5.75 Å². The number of rotatable bonds is 4. The van der Waals surface area contributed by atoms with Crippen molar-refractivity contribution in [2.45, 2.75) is 20.8 Å². The summed E-state index contributed by atoms with van der Waals surface area (Å²) in [7, 11) is 0. The van der Waals surface area contributed by atoms with Crippen molar-refractivity contribution in [3.8, 4) is 5.75 Å². The van der Waals surface area contributed by atoms with E-state index in [0.29, 0.717) is 5.75 Å². The molecule has 0 aliphatic carbocycles. The first kappa shape index (κ1) is 11.6. The fourth-order valence-electron chi connectivity index (χ4n) is 0.957. The largest absolute Gasteiger partial charge is 0.457 e. The molecule has 1 aromatic carbocycles. The maximum atomic E-state index is 11.1. The van der Waals surface area contributed by atoms with Gasteiger partial charge in [-0.3, -0.25) is 4.79 Å². The molecule has 0 bridgehead atoms. The molecule has 15 heavy (non-hydrogen) atoms. The van der Waals surface area contributed by atoms with Crippen LogP contribution >= 0.6 is 0 Å². The number of carbonyl (C=O) groups excluding carboxylic acids is 1. The highest BCUT2D eigenvalue weighted by atomic mass is 16.7. The third kappa shape index (κ3) is 4.02. The Hall–Kier alpha value is -1.51. The highest BCUT2D eigenvalue weighted by Gasteiger charge is 2.07. The van der Waals surface area contributed by atoms with Crippen LogP contribution in [0.15, 0.2) is 24.3 Å². The summed E-state index contributed by atoms with van der Waals surface area (Å²) in [5.74, 6) is 0.339. The number of hydrogen-bond acceptors (Lipinski definition) is 3. The Balaban J connectivity index is 2.32. The fraction of sp³-hybridized carbons (Fsp3) is 0.417. The van der Waals surface area contributed by atoms with Crippen LogP contribution in [0.2, 0.25) is 0 Å². The van der Waals surface area contributed by atoms with Gasteiger partial charge >= 0.3 is 5.97 Å². The molecular weight excluding hydrogens is 192 g/mol. The molecule has 3 heteroatoms. The lowest BCUT2D eigenvalue weighted by atomic mass is 10.2. The molecular formula is C12H16O3. The van der Waals surface area contributed by atoms with Gasteiger partial charge in [-0.2, -0.15) is 0 Å². The molecule has 0 aliphatic heterocycles. The van der Waals surface area contributed by atoms with E-state index >= 15 is 0 Å². The second-order valence-corrected chi connectivity index (χ2v) is 3.69. The smallest absolute Gasteiger partial charge is 0.311 e. The summed E-state index contributed by atoms with van der Waals surface area (Å²) in [6.45, 7) is 5.55. The lowest BCUT2D eigenvalue weighted by Gasteiger charge is -2.08. The predicted octanol–water partition coefficient (Wildman–Crippen LogP) is 2.53. The molecule has 0 aromatic heterocycles. The first-order chi connectivity index (χ1) is 7.09. The number of esters is 1. The van der Waals surface area contributed by atoms with Crippen LogP contribution in [-0.2, 0) is 9.53 Å². The maximum absolute atomic E-state index is 11.1. The molecule has 0 unspecified atom stereocenters. The van der Waals surface area contributed by atoms with Gasteiger partial charge in [0.1, 0.15) is 5.75 Å². The first-order valence-corrected chi connectivity index (χ1v) is 4.95. The highest BCUT2D eigenvalue weighted by Crippen LogP contribution is 2.11. The van der Waals surface area contributed by atoms with E-state index in [9.17, 15) is 4.79 Å². The van der Waals surface area contributed by atoms with Crippen LogP contribution in [0.1, 0.15) is 19.4 Å². The Morgan fingerprint density at radius 2 is 1.87 bits per heavy atom. The van der Waals surface area contributed by atoms with Gasteiger partial charge in [0.05, 0.1) is 5.92 Å². The van der Waals surface area contributed by atoms with E-state index in [1.165, 1.54) is 5.56 Å². The van der Waals surface area contributed by atoms with Gasteiger partial charge < -0.3 is 9.47 Å². The number of ether oxygens (including phenoxy) is 2. The molecule has 82 valence electrons. The normalized spacial score (nSPS) is 10.1. The second kappa shape index (κ2) is 5.39. The minimum absolute atomic E-state index is 0.0277. The Labute approximate surface area is 90.0 Å². The average molecular weight is 208 g/mol. The SMILES string of the molecule is Cc1ccc(OCOC(=O)C(C)C)cc1. The van der Waals surface area contributed by atoms with Gasteiger partial charge in [-0.15, -0.1) is 0 Å². The molecule has 1 aromatic rings. The van der Waals surface area contributed by atoms with E-state index < -0.39 is 0 Å². The minimum atomic E-state index is -0.248. The Morgan fingerprint density at radius 3 is 2.40 bits per heavy atom. The van der Waals surface area contributed by atoms with Crippen molar-refractivity contribution < 1.29 is 14.3 Å². The molecule has 3 nitrogen and oxygen atoms in total. The van der Waals surface area contributed by atoms with Crippen LogP contribution in [0.25, 0.3) is 0 Å². The lowest BCUT2D eigenvalue weighted by molar-refractivity contribution is -0.153. The van der Waals surface area contributed by atoms with Gasteiger partial charge in [0.2, 0.25) is 6.79 Å². The monoisotopic (exact) mass is 208 g/mol. The summed E-state index contributed by atoms with van der Waals surface area (Å²) in [5.41, 5.74) is 1.17. The van der Waals surface area contributed by atoms with Crippen molar-refractivity contribution >= 4 is 5.97 Å². The van der Waals surface area contributed by atoms with E-state index in [0.717, 1.165) is 0 Å². The second-order valence-electron chi connectivity index (χ2n) is 3.69.